The van der Waals surface area contributed by atoms with Crippen LogP contribution in [-0.2, 0) is 46.5 Å². The number of nitrogens with one attached hydrogen (secondary N) is 3. The molecule has 0 bridgehead atoms. The lowest BCUT2D eigenvalue weighted by atomic mass is 9.65. The highest BCUT2D eigenvalue weighted by molar-refractivity contribution is 7.91. The molecule has 5 aliphatic rings. The predicted octanol–water partition coefficient (Wildman–Crippen LogP) is 5.74. The molecule has 4 fully saturated rings. The van der Waals surface area contributed by atoms with Gasteiger partial charge in [-0.25, -0.2) is 18.2 Å². The number of rotatable bonds is 14. The van der Waals surface area contributed by atoms with Crippen LogP contribution in [-0.4, -0.2) is 127 Å². The molecule has 1 aromatic heterocycles. The molecule has 5 unspecified atom stereocenters. The molecular weight excluding hydrogens is 898 g/mol. The van der Waals surface area contributed by atoms with Gasteiger partial charge >= 0.3 is 12.3 Å². The third-order valence-electron chi connectivity index (χ3n) is 14.0. The summed E-state index contributed by atoms with van der Waals surface area (Å²) in [4.78, 5) is 64.1. The first-order chi connectivity index (χ1) is 31.8. The van der Waals surface area contributed by atoms with Crippen molar-refractivity contribution in [3.05, 3.63) is 41.6 Å². The number of fused-ring (bicyclic) bond motifs is 3. The van der Waals surface area contributed by atoms with Crippen LogP contribution < -0.4 is 20.1 Å². The molecule has 2 saturated carbocycles. The molecular formula is C47H65F3N6O10S. The Bertz CT molecular complexity index is 2290. The molecule has 20 heteroatoms. The van der Waals surface area contributed by atoms with E-state index in [1.807, 2.05) is 26.0 Å². The number of aromatic hydroxyl groups is 1. The molecule has 1 aromatic carbocycles. The Labute approximate surface area is 390 Å². The Morgan fingerprint density at radius 1 is 1.09 bits per heavy atom. The molecule has 4 N–H and O–H groups in total. The Morgan fingerprint density at radius 3 is 2.54 bits per heavy atom. The van der Waals surface area contributed by atoms with E-state index in [0.29, 0.717) is 70.5 Å². The number of benzene rings is 1. The lowest BCUT2D eigenvalue weighted by Gasteiger charge is -2.48. The highest BCUT2D eigenvalue weighted by atomic mass is 32.2. The number of allylic oxidation sites excluding steroid dienone is 1. The summed E-state index contributed by atoms with van der Waals surface area (Å²) in [7, 11) is -4.09. The van der Waals surface area contributed by atoms with E-state index >= 15 is 0 Å². The van der Waals surface area contributed by atoms with Gasteiger partial charge in [-0.05, 0) is 108 Å². The summed E-state index contributed by atoms with van der Waals surface area (Å²) < 4.78 is 87.7. The minimum Gasteiger partial charge on any atom is -0.505 e. The Kier molecular flexibility index (Phi) is 15.7. The number of pyridine rings is 1. The minimum absolute atomic E-state index is 0.00179. The van der Waals surface area contributed by atoms with Crippen molar-refractivity contribution < 1.29 is 60.1 Å². The second-order valence-corrected chi connectivity index (χ2v) is 21.7. The fourth-order valence-electron chi connectivity index (χ4n) is 9.48. The first kappa shape index (κ1) is 50.2. The number of aryl methyl sites for hydroxylation is 1. The van der Waals surface area contributed by atoms with Crippen LogP contribution in [0.4, 0.5) is 18.0 Å². The van der Waals surface area contributed by atoms with E-state index in [2.05, 4.69) is 25.2 Å². The van der Waals surface area contributed by atoms with E-state index < -0.39 is 85.7 Å². The molecule has 0 spiro atoms. The number of sulfonamides is 1. The number of ether oxygens (including phenoxy) is 3. The fraction of sp³-hybridized carbons (Fsp3) is 0.681. The zero-order valence-corrected chi connectivity index (χ0v) is 39.4. The van der Waals surface area contributed by atoms with Crippen molar-refractivity contribution in [2.24, 2.45) is 17.8 Å². The number of morpholine rings is 1. The number of halogens is 3. The molecule has 4 amide bonds. The van der Waals surface area contributed by atoms with Gasteiger partial charge < -0.3 is 34.9 Å². The van der Waals surface area contributed by atoms with Crippen molar-refractivity contribution in [1.29, 1.82) is 0 Å². The lowest BCUT2D eigenvalue weighted by Crippen LogP contribution is -2.70. The Morgan fingerprint density at radius 2 is 1.85 bits per heavy atom. The molecule has 2 aromatic rings. The zero-order valence-electron chi connectivity index (χ0n) is 38.6. The maximum Gasteiger partial charge on any atom is 0.437 e. The van der Waals surface area contributed by atoms with Crippen molar-refractivity contribution in [3.63, 3.8) is 0 Å². The predicted molar refractivity (Wildman–Crippen MR) is 241 cm³/mol. The number of carbonyl (C=O) groups is 4. The third kappa shape index (κ3) is 11.8. The van der Waals surface area contributed by atoms with Gasteiger partial charge in [0.25, 0.3) is 5.91 Å². The fourth-order valence-corrected chi connectivity index (χ4v) is 10.8. The number of aromatic nitrogens is 1. The smallest absolute Gasteiger partial charge is 0.437 e. The molecule has 2 aliphatic carbocycles. The third-order valence-corrected chi connectivity index (χ3v) is 16.2. The zero-order chi connectivity index (χ0) is 48.1. The van der Waals surface area contributed by atoms with Gasteiger partial charge in [0.05, 0.1) is 36.7 Å². The highest BCUT2D eigenvalue weighted by Gasteiger charge is 2.58. The van der Waals surface area contributed by atoms with E-state index in [0.717, 1.165) is 26.1 Å². The van der Waals surface area contributed by atoms with Crippen LogP contribution in [0, 0.1) is 17.8 Å². The van der Waals surface area contributed by atoms with Crippen LogP contribution in [0.3, 0.4) is 0 Å². The monoisotopic (exact) mass is 962 g/mol. The lowest BCUT2D eigenvalue weighted by molar-refractivity contribution is -0.144. The van der Waals surface area contributed by atoms with E-state index in [1.165, 1.54) is 17.0 Å². The summed E-state index contributed by atoms with van der Waals surface area (Å²) in [6.07, 6.45) is 2.93. The second-order valence-electron chi connectivity index (χ2n) is 19.5. The minimum atomic E-state index is -4.98. The van der Waals surface area contributed by atoms with Crippen LogP contribution >= 0.6 is 0 Å². The first-order valence-corrected chi connectivity index (χ1v) is 25.2. The van der Waals surface area contributed by atoms with Crippen molar-refractivity contribution in [1.82, 2.24) is 30.1 Å². The molecule has 4 heterocycles. The Hall–Kier alpha value is -4.69. The molecule has 370 valence electrons. The number of alkyl halides is 3. The highest BCUT2D eigenvalue weighted by Crippen LogP contribution is 2.45. The van der Waals surface area contributed by atoms with Gasteiger partial charge in [-0.1, -0.05) is 38.8 Å². The van der Waals surface area contributed by atoms with E-state index in [9.17, 15) is 45.9 Å². The topological polar surface area (TPSA) is 206 Å². The van der Waals surface area contributed by atoms with Crippen LogP contribution in [0.1, 0.15) is 109 Å². The normalized spacial score (nSPS) is 26.1. The van der Waals surface area contributed by atoms with Gasteiger partial charge in [-0.3, -0.25) is 24.0 Å². The average molecular weight is 963 g/mol. The van der Waals surface area contributed by atoms with Crippen molar-refractivity contribution in [2.75, 3.05) is 52.6 Å². The molecule has 16 nitrogen and oxygen atoms in total. The van der Waals surface area contributed by atoms with Gasteiger partial charge in [-0.2, -0.15) is 13.2 Å². The van der Waals surface area contributed by atoms with Gasteiger partial charge in [0.15, 0.2) is 5.69 Å². The molecule has 2 saturated heterocycles. The second kappa shape index (κ2) is 20.9. The Balaban J connectivity index is 1.17. The number of alkyl carbamates (subject to hydrolysis) is 1. The summed E-state index contributed by atoms with van der Waals surface area (Å²) in [5.74, 6) is -3.81. The first-order valence-electron chi connectivity index (χ1n) is 23.7. The molecule has 67 heavy (non-hydrogen) atoms. The largest absolute Gasteiger partial charge is 0.505 e. The standard InChI is InChI=1S/C47H65F3N6O10S/c1-30(2)29-66-44(61)52-37-11-8-6-4-5-7-10-32-16-17-46(32,43(60)54-67(62,63)45(3)18-19-45)53-41(58)38-26-31(28-56(38)42(37)59)12-14-34-35-27-33(65-23-9-20-55-21-24-64-25-22-55)13-15-36(35)51-40(39(34)57)47(48,49)50/h7,10,13,15,27,30-32,37-38,57H,4-6,8-9,11-12,14,16-26,28-29H2,1-3H3,(H,52,61)(H,53,58)(H,54,60). The summed E-state index contributed by atoms with van der Waals surface area (Å²) in [5.41, 5.74) is -3.10. The van der Waals surface area contributed by atoms with E-state index in [-0.39, 0.29) is 67.6 Å². The number of amides is 4. The van der Waals surface area contributed by atoms with Crippen molar-refractivity contribution in [3.8, 4) is 11.5 Å². The van der Waals surface area contributed by atoms with Crippen LogP contribution in [0.2, 0.25) is 0 Å². The summed E-state index contributed by atoms with van der Waals surface area (Å²) in [6.45, 7) is 9.42. The number of hydrogen-bond donors (Lipinski definition) is 4. The molecule has 3 aliphatic heterocycles. The molecule has 7 rings (SSSR count). The summed E-state index contributed by atoms with van der Waals surface area (Å²) >= 11 is 0. The van der Waals surface area contributed by atoms with Crippen molar-refractivity contribution in [2.45, 2.75) is 133 Å². The van der Waals surface area contributed by atoms with Gasteiger partial charge in [0, 0.05) is 43.0 Å². The molecule has 5 atom stereocenters. The van der Waals surface area contributed by atoms with E-state index in [4.69, 9.17) is 14.2 Å². The van der Waals surface area contributed by atoms with Crippen LogP contribution in [0.15, 0.2) is 30.4 Å². The van der Waals surface area contributed by atoms with Crippen LogP contribution in [0.25, 0.3) is 10.9 Å². The summed E-state index contributed by atoms with van der Waals surface area (Å²) in [6, 6.07) is 2.22. The quantitative estimate of drug-likeness (QED) is 0.132. The maximum absolute atomic E-state index is 14.7. The van der Waals surface area contributed by atoms with Gasteiger partial charge in [0.2, 0.25) is 21.8 Å². The number of carbonyl (C=O) groups excluding carboxylic acids is 4. The number of hydrogen-bond acceptors (Lipinski definition) is 12. The van der Waals surface area contributed by atoms with Gasteiger partial charge in [-0.15, -0.1) is 0 Å². The number of nitrogens with zero attached hydrogens (tertiary/aromatic N) is 3. The maximum atomic E-state index is 14.7. The van der Waals surface area contributed by atoms with Gasteiger partial charge in [0.1, 0.15) is 29.1 Å². The summed E-state index contributed by atoms with van der Waals surface area (Å²) in [5, 5.41) is 17.1. The molecule has 0 radical (unpaired) electrons. The van der Waals surface area contributed by atoms with Crippen molar-refractivity contribution >= 4 is 44.7 Å². The van der Waals surface area contributed by atoms with E-state index in [1.54, 1.807) is 13.0 Å². The average Bonchev–Trinajstić information content (AvgIpc) is 3.90. The SMILES string of the molecule is CC(C)COC(=O)NC1CCCCCC=CC2CCC2(C(=O)NS(=O)(=O)C2(C)CC2)NC(=O)C2CC(CCc3c(O)c(C(F)(F)F)nc4ccc(OCCCN5CCOCC5)cc34)CN2C1=O. The van der Waals surface area contributed by atoms with Crippen LogP contribution in [0.5, 0.6) is 11.5 Å².